The van der Waals surface area contributed by atoms with Crippen LogP contribution in [0, 0.1) is 5.82 Å². The molecule has 0 aliphatic carbocycles. The van der Waals surface area contributed by atoms with Crippen LogP contribution in [0.5, 0.6) is 0 Å². The Bertz CT molecular complexity index is 1190. The number of thiazole rings is 1. The van der Waals surface area contributed by atoms with Gasteiger partial charge in [-0.3, -0.25) is 14.5 Å². The number of benzene rings is 2. The van der Waals surface area contributed by atoms with Gasteiger partial charge in [0.1, 0.15) is 15.7 Å². The molecule has 0 radical (unpaired) electrons. The van der Waals surface area contributed by atoms with Crippen LogP contribution in [0.1, 0.15) is 15.2 Å². The molecule has 1 aromatic heterocycles. The highest BCUT2D eigenvalue weighted by Gasteiger charge is 2.33. The molecule has 3 aromatic rings. The standard InChI is InChI=1S/C23H20F4N4O2S/c24-17-7-3-1-5-15(17)21-28-13-19(34-21)22(33)31-11-9-30(10-12-31)14-20(32)29-18-8-4-2-6-16(18)23(25,26)27/h1-8,13H,9-12,14H2,(H,29,32). The molecule has 1 saturated heterocycles. The zero-order valence-electron chi connectivity index (χ0n) is 17.8. The van der Waals surface area contributed by atoms with Crippen LogP contribution in [0.2, 0.25) is 0 Å². The Morgan fingerprint density at radius 2 is 1.68 bits per heavy atom. The van der Waals surface area contributed by atoms with Gasteiger partial charge in [-0.05, 0) is 24.3 Å². The molecule has 34 heavy (non-hydrogen) atoms. The third-order valence-corrected chi connectivity index (χ3v) is 6.37. The first-order chi connectivity index (χ1) is 16.2. The van der Waals surface area contributed by atoms with Crippen LogP contribution in [0.25, 0.3) is 10.6 Å². The number of para-hydroxylation sites is 1. The molecule has 4 rings (SSSR count). The van der Waals surface area contributed by atoms with Crippen molar-refractivity contribution in [3.8, 4) is 10.6 Å². The Morgan fingerprint density at radius 3 is 2.38 bits per heavy atom. The molecule has 6 nitrogen and oxygen atoms in total. The Morgan fingerprint density at radius 1 is 1.00 bits per heavy atom. The van der Waals surface area contributed by atoms with Crippen LogP contribution < -0.4 is 5.32 Å². The van der Waals surface area contributed by atoms with Crippen molar-refractivity contribution in [3.05, 3.63) is 71.0 Å². The first-order valence-corrected chi connectivity index (χ1v) is 11.2. The fourth-order valence-electron chi connectivity index (χ4n) is 3.63. The number of nitrogens with one attached hydrogen (secondary N) is 1. The minimum atomic E-state index is -4.57. The van der Waals surface area contributed by atoms with Crippen molar-refractivity contribution in [2.75, 3.05) is 38.0 Å². The van der Waals surface area contributed by atoms with Gasteiger partial charge in [0.25, 0.3) is 5.91 Å². The van der Waals surface area contributed by atoms with Crippen molar-refractivity contribution >= 4 is 28.8 Å². The first-order valence-electron chi connectivity index (χ1n) is 10.4. The second-order valence-electron chi connectivity index (χ2n) is 7.67. The number of piperazine rings is 1. The predicted octanol–water partition coefficient (Wildman–Crippen LogP) is 4.36. The van der Waals surface area contributed by atoms with E-state index in [1.54, 1.807) is 28.0 Å². The van der Waals surface area contributed by atoms with E-state index in [1.807, 2.05) is 0 Å². The van der Waals surface area contributed by atoms with Gasteiger partial charge in [0.2, 0.25) is 5.91 Å². The smallest absolute Gasteiger partial charge is 0.335 e. The summed E-state index contributed by atoms with van der Waals surface area (Å²) in [4.78, 5) is 33.1. The quantitative estimate of drug-likeness (QED) is 0.538. The van der Waals surface area contributed by atoms with Crippen LogP contribution in [0.15, 0.2) is 54.7 Å². The third kappa shape index (κ3) is 5.42. The average molecular weight is 492 g/mol. The highest BCUT2D eigenvalue weighted by Crippen LogP contribution is 2.34. The van der Waals surface area contributed by atoms with E-state index in [2.05, 4.69) is 10.3 Å². The fourth-order valence-corrected chi connectivity index (χ4v) is 4.54. The highest BCUT2D eigenvalue weighted by atomic mass is 32.1. The van der Waals surface area contributed by atoms with E-state index in [4.69, 9.17) is 0 Å². The summed E-state index contributed by atoms with van der Waals surface area (Å²) in [5, 5.41) is 2.74. The van der Waals surface area contributed by atoms with Gasteiger partial charge >= 0.3 is 6.18 Å². The van der Waals surface area contributed by atoms with Crippen LogP contribution in [0.4, 0.5) is 23.2 Å². The molecule has 0 unspecified atom stereocenters. The summed E-state index contributed by atoms with van der Waals surface area (Å²) in [6.45, 7) is 1.38. The highest BCUT2D eigenvalue weighted by molar-refractivity contribution is 7.16. The molecule has 2 aromatic carbocycles. The maximum atomic E-state index is 14.0. The second kappa shape index (κ2) is 9.90. The summed E-state index contributed by atoms with van der Waals surface area (Å²) in [5.74, 6) is -1.21. The number of nitrogens with zero attached hydrogens (tertiary/aromatic N) is 3. The van der Waals surface area contributed by atoms with Gasteiger partial charge in [-0.15, -0.1) is 11.3 Å². The van der Waals surface area contributed by atoms with E-state index < -0.39 is 23.5 Å². The zero-order chi connectivity index (χ0) is 24.3. The lowest BCUT2D eigenvalue weighted by molar-refractivity contribution is -0.137. The molecule has 0 bridgehead atoms. The minimum Gasteiger partial charge on any atom is -0.335 e. The number of amides is 2. The lowest BCUT2D eigenvalue weighted by Crippen LogP contribution is -2.50. The predicted molar refractivity (Wildman–Crippen MR) is 120 cm³/mol. The van der Waals surface area contributed by atoms with Crippen molar-refractivity contribution in [1.82, 2.24) is 14.8 Å². The normalized spacial score (nSPS) is 14.8. The van der Waals surface area contributed by atoms with Crippen LogP contribution in [0.3, 0.4) is 0 Å². The number of aromatic nitrogens is 1. The van der Waals surface area contributed by atoms with Crippen molar-refractivity contribution < 1.29 is 27.2 Å². The molecule has 2 heterocycles. The van der Waals surface area contributed by atoms with Crippen molar-refractivity contribution in [3.63, 3.8) is 0 Å². The topological polar surface area (TPSA) is 65.5 Å². The molecule has 178 valence electrons. The lowest BCUT2D eigenvalue weighted by atomic mass is 10.1. The average Bonchev–Trinajstić information content (AvgIpc) is 3.29. The van der Waals surface area contributed by atoms with Gasteiger partial charge in [0, 0.05) is 31.7 Å². The lowest BCUT2D eigenvalue weighted by Gasteiger charge is -2.34. The van der Waals surface area contributed by atoms with Gasteiger partial charge in [-0.1, -0.05) is 24.3 Å². The van der Waals surface area contributed by atoms with Crippen LogP contribution in [-0.4, -0.2) is 59.3 Å². The van der Waals surface area contributed by atoms with E-state index in [0.717, 1.165) is 17.4 Å². The molecule has 11 heteroatoms. The number of hydrogen-bond donors (Lipinski definition) is 1. The number of carbonyl (C=O) groups is 2. The molecule has 2 amide bonds. The Labute approximate surface area is 196 Å². The van der Waals surface area contributed by atoms with E-state index in [9.17, 15) is 27.2 Å². The molecule has 1 aliphatic rings. The summed E-state index contributed by atoms with van der Waals surface area (Å²) < 4.78 is 53.3. The van der Waals surface area contributed by atoms with Gasteiger partial charge in [0.05, 0.1) is 24.0 Å². The Hall–Kier alpha value is -3.31. The Kier molecular flexibility index (Phi) is 6.94. The number of anilines is 1. The van der Waals surface area contributed by atoms with Gasteiger partial charge < -0.3 is 10.2 Å². The van der Waals surface area contributed by atoms with E-state index in [1.165, 1.54) is 30.5 Å². The molecular weight excluding hydrogens is 472 g/mol. The molecular formula is C23H20F4N4O2S. The van der Waals surface area contributed by atoms with Crippen molar-refractivity contribution in [2.24, 2.45) is 0 Å². The molecule has 1 fully saturated rings. The van der Waals surface area contributed by atoms with E-state index in [-0.39, 0.29) is 18.1 Å². The molecule has 1 N–H and O–H groups in total. The minimum absolute atomic E-state index is 0.0911. The Balaban J connectivity index is 1.31. The monoisotopic (exact) mass is 492 g/mol. The fraction of sp³-hybridized carbons (Fsp3) is 0.261. The first kappa shape index (κ1) is 23.8. The van der Waals surface area contributed by atoms with Crippen molar-refractivity contribution in [2.45, 2.75) is 6.18 Å². The van der Waals surface area contributed by atoms with E-state index in [0.29, 0.717) is 41.6 Å². The molecule has 0 spiro atoms. The van der Waals surface area contributed by atoms with Crippen molar-refractivity contribution in [1.29, 1.82) is 0 Å². The molecule has 0 atom stereocenters. The summed E-state index contributed by atoms with van der Waals surface area (Å²) in [6.07, 6.45) is -3.15. The number of hydrogen-bond acceptors (Lipinski definition) is 5. The van der Waals surface area contributed by atoms with Crippen LogP contribution >= 0.6 is 11.3 Å². The number of halogens is 4. The largest absolute Gasteiger partial charge is 0.418 e. The second-order valence-corrected chi connectivity index (χ2v) is 8.70. The zero-order valence-corrected chi connectivity index (χ0v) is 18.6. The van der Waals surface area contributed by atoms with E-state index >= 15 is 0 Å². The molecule has 0 saturated carbocycles. The SMILES string of the molecule is O=C(CN1CCN(C(=O)c2cnc(-c3ccccc3F)s2)CC1)Nc1ccccc1C(F)(F)F. The van der Waals surface area contributed by atoms with Gasteiger partial charge in [0.15, 0.2) is 0 Å². The maximum absolute atomic E-state index is 14.0. The summed E-state index contributed by atoms with van der Waals surface area (Å²) in [7, 11) is 0. The number of rotatable bonds is 5. The van der Waals surface area contributed by atoms with Crippen LogP contribution in [-0.2, 0) is 11.0 Å². The molecule has 1 aliphatic heterocycles. The number of alkyl halides is 3. The summed E-state index contributed by atoms with van der Waals surface area (Å²) >= 11 is 1.11. The van der Waals surface area contributed by atoms with Gasteiger partial charge in [-0.25, -0.2) is 9.37 Å². The summed E-state index contributed by atoms with van der Waals surface area (Å²) in [6, 6.07) is 11.0. The van der Waals surface area contributed by atoms with Gasteiger partial charge in [-0.2, -0.15) is 13.2 Å². The number of carbonyl (C=O) groups excluding carboxylic acids is 2. The summed E-state index contributed by atoms with van der Waals surface area (Å²) in [5.41, 5.74) is -0.864. The third-order valence-electron chi connectivity index (χ3n) is 5.35. The maximum Gasteiger partial charge on any atom is 0.418 e.